The molecule has 0 aliphatic rings. The van der Waals surface area contributed by atoms with Crippen molar-refractivity contribution in [2.45, 2.75) is 18.0 Å². The van der Waals surface area contributed by atoms with Crippen molar-refractivity contribution in [1.29, 1.82) is 5.26 Å². The van der Waals surface area contributed by atoms with Gasteiger partial charge < -0.3 is 0 Å². The van der Waals surface area contributed by atoms with Gasteiger partial charge in [0.2, 0.25) is 5.78 Å². The van der Waals surface area contributed by atoms with Crippen LogP contribution in [-0.4, -0.2) is 23.8 Å². The number of hydrogen-bond donors (Lipinski definition) is 0. The van der Waals surface area contributed by atoms with E-state index in [0.717, 1.165) is 12.1 Å². The van der Waals surface area contributed by atoms with Crippen LogP contribution in [0.25, 0.3) is 0 Å². The molecule has 1 aromatic rings. The number of rotatable bonds is 3. The third-order valence-electron chi connectivity index (χ3n) is 2.29. The monoisotopic (exact) mass is 299 g/mol. The Morgan fingerprint density at radius 1 is 1.05 bits per heavy atom. The highest BCUT2D eigenvalue weighted by atomic mass is 19.4. The van der Waals surface area contributed by atoms with Gasteiger partial charge in [0.05, 0.1) is 11.6 Å². The van der Waals surface area contributed by atoms with Crippen LogP contribution in [0.15, 0.2) is 24.3 Å². The van der Waals surface area contributed by atoms with Gasteiger partial charge in [-0.05, 0) is 12.1 Å². The van der Waals surface area contributed by atoms with Gasteiger partial charge in [0.1, 0.15) is 0 Å². The first kappa shape index (κ1) is 15.9. The number of nitrogens with zero attached hydrogens (tertiary/aromatic N) is 1. The molecular formula is C11H4F7NO. The molecule has 0 amide bonds. The smallest absolute Gasteiger partial charge is 0.287 e. The summed E-state index contributed by atoms with van der Waals surface area (Å²) in [5, 5.41) is 8.46. The zero-order chi connectivity index (χ0) is 15.8. The molecule has 1 rings (SSSR count). The van der Waals surface area contributed by atoms with Gasteiger partial charge in [-0.1, -0.05) is 12.1 Å². The molecule has 2 nitrogen and oxygen atoms in total. The molecule has 1 aromatic carbocycles. The van der Waals surface area contributed by atoms with Crippen molar-refractivity contribution in [2.24, 2.45) is 0 Å². The second-order valence-corrected chi connectivity index (χ2v) is 3.67. The number of halogens is 7. The van der Waals surface area contributed by atoms with E-state index in [0.29, 0.717) is 12.1 Å². The van der Waals surface area contributed by atoms with Gasteiger partial charge in [0.15, 0.2) is 0 Å². The Balaban J connectivity index is 3.28. The first-order valence-corrected chi connectivity index (χ1v) is 4.82. The number of alkyl halides is 7. The topological polar surface area (TPSA) is 40.9 Å². The van der Waals surface area contributed by atoms with Crippen molar-refractivity contribution in [2.75, 3.05) is 0 Å². The highest BCUT2D eigenvalue weighted by molar-refractivity contribution is 6.02. The average Bonchev–Trinajstić information content (AvgIpc) is 2.36. The van der Waals surface area contributed by atoms with Crippen molar-refractivity contribution >= 4 is 5.78 Å². The van der Waals surface area contributed by atoms with E-state index in [9.17, 15) is 35.5 Å². The van der Waals surface area contributed by atoms with Crippen LogP contribution >= 0.6 is 0 Å². The minimum Gasteiger partial charge on any atom is -0.287 e. The lowest BCUT2D eigenvalue weighted by molar-refractivity contribution is -0.339. The molecule has 0 atom stereocenters. The molecule has 0 heterocycles. The van der Waals surface area contributed by atoms with Gasteiger partial charge in [-0.15, -0.1) is 0 Å². The van der Waals surface area contributed by atoms with Crippen LogP contribution in [0.3, 0.4) is 0 Å². The maximum atomic E-state index is 13.1. The van der Waals surface area contributed by atoms with E-state index in [1.54, 1.807) is 0 Å². The maximum Gasteiger partial charge on any atom is 0.460 e. The van der Waals surface area contributed by atoms with E-state index in [-0.39, 0.29) is 5.56 Å². The van der Waals surface area contributed by atoms with Gasteiger partial charge >= 0.3 is 18.0 Å². The zero-order valence-electron chi connectivity index (χ0n) is 9.31. The number of carbonyl (C=O) groups is 1. The third kappa shape index (κ3) is 2.45. The molecule has 0 saturated heterocycles. The van der Waals surface area contributed by atoms with E-state index in [1.807, 2.05) is 0 Å². The molecule has 0 unspecified atom stereocenters. The predicted octanol–water partition coefficient (Wildman–Crippen LogP) is 3.57. The average molecular weight is 299 g/mol. The molecule has 9 heteroatoms. The van der Waals surface area contributed by atoms with Gasteiger partial charge in [-0.25, -0.2) is 0 Å². The van der Waals surface area contributed by atoms with Crippen molar-refractivity contribution in [3.8, 4) is 6.07 Å². The Morgan fingerprint density at radius 3 is 2.05 bits per heavy atom. The summed E-state index contributed by atoms with van der Waals surface area (Å²) in [5.74, 6) is -15.2. The van der Waals surface area contributed by atoms with Crippen LogP contribution < -0.4 is 0 Å². The van der Waals surface area contributed by atoms with Crippen molar-refractivity contribution < 1.29 is 35.5 Å². The number of ketones is 1. The summed E-state index contributed by atoms with van der Waals surface area (Å²) in [4.78, 5) is 11.2. The molecule has 0 N–H and O–H groups in total. The minimum absolute atomic E-state index is 0.332. The molecule has 0 saturated carbocycles. The quantitative estimate of drug-likeness (QED) is 0.632. The van der Waals surface area contributed by atoms with E-state index in [2.05, 4.69) is 0 Å². The lowest BCUT2D eigenvalue weighted by atomic mass is 9.98. The van der Waals surface area contributed by atoms with Crippen LogP contribution in [0, 0.1) is 11.3 Å². The normalized spacial score (nSPS) is 12.9. The van der Waals surface area contributed by atoms with E-state index >= 15 is 0 Å². The minimum atomic E-state index is -6.58. The zero-order valence-corrected chi connectivity index (χ0v) is 9.31. The van der Waals surface area contributed by atoms with Crippen LogP contribution in [0.2, 0.25) is 0 Å². The van der Waals surface area contributed by atoms with E-state index in [1.165, 1.54) is 6.07 Å². The standard InChI is InChI=1S/C11H4F7NO/c12-9(13,10(14,15)11(16,17)18)8(20)7-3-1-2-6(4-7)5-19/h1-4H. The second kappa shape index (κ2) is 4.77. The third-order valence-corrected chi connectivity index (χ3v) is 2.29. The van der Waals surface area contributed by atoms with Crippen LogP contribution in [0.5, 0.6) is 0 Å². The van der Waals surface area contributed by atoms with Gasteiger partial charge in [0.25, 0.3) is 0 Å². The van der Waals surface area contributed by atoms with E-state index in [4.69, 9.17) is 5.26 Å². The Morgan fingerprint density at radius 2 is 1.60 bits per heavy atom. The number of benzene rings is 1. The first-order chi connectivity index (χ1) is 8.95. The van der Waals surface area contributed by atoms with Gasteiger partial charge in [-0.2, -0.15) is 36.0 Å². The van der Waals surface area contributed by atoms with Crippen molar-refractivity contribution in [3.05, 3.63) is 35.4 Å². The second-order valence-electron chi connectivity index (χ2n) is 3.67. The summed E-state index contributed by atoms with van der Waals surface area (Å²) >= 11 is 0. The molecule has 0 aliphatic carbocycles. The van der Waals surface area contributed by atoms with Crippen LogP contribution in [-0.2, 0) is 0 Å². The summed E-state index contributed by atoms with van der Waals surface area (Å²) in [6.07, 6.45) is -6.58. The predicted molar refractivity (Wildman–Crippen MR) is 51.4 cm³/mol. The lowest BCUT2D eigenvalue weighted by Gasteiger charge is -2.26. The molecule has 0 aromatic heterocycles. The Kier molecular flexibility index (Phi) is 3.81. The number of carbonyl (C=O) groups excluding carboxylic acids is 1. The molecule has 0 radical (unpaired) electrons. The highest BCUT2D eigenvalue weighted by Gasteiger charge is 2.76. The Hall–Kier alpha value is -2.11. The molecule has 0 bridgehead atoms. The summed E-state index contributed by atoms with van der Waals surface area (Å²) in [5.41, 5.74) is -1.44. The number of nitriles is 1. The Bertz CT molecular complexity index is 571. The maximum absolute atomic E-state index is 13.1. The SMILES string of the molecule is N#Cc1cccc(C(=O)C(F)(F)C(F)(F)C(F)(F)F)c1. The first-order valence-electron chi connectivity index (χ1n) is 4.82. The fraction of sp³-hybridized carbons (Fsp3) is 0.273. The van der Waals surface area contributed by atoms with Gasteiger partial charge in [-0.3, -0.25) is 4.79 Å². The van der Waals surface area contributed by atoms with Crippen LogP contribution in [0.1, 0.15) is 15.9 Å². The summed E-state index contributed by atoms with van der Waals surface area (Å²) < 4.78 is 87.3. The fourth-order valence-corrected chi connectivity index (χ4v) is 1.23. The molecule has 0 spiro atoms. The fourth-order valence-electron chi connectivity index (χ4n) is 1.23. The summed E-state index contributed by atoms with van der Waals surface area (Å²) in [6, 6.07) is 4.53. The van der Waals surface area contributed by atoms with Gasteiger partial charge in [0, 0.05) is 5.56 Å². The number of hydrogen-bond acceptors (Lipinski definition) is 2. The van der Waals surface area contributed by atoms with Crippen molar-refractivity contribution in [3.63, 3.8) is 0 Å². The largest absolute Gasteiger partial charge is 0.460 e. The molecule has 20 heavy (non-hydrogen) atoms. The summed E-state index contributed by atoms with van der Waals surface area (Å²) in [7, 11) is 0. The number of Topliss-reactive ketones (excluding diaryl/α,β-unsaturated/α-hetero) is 1. The van der Waals surface area contributed by atoms with E-state index < -0.39 is 29.4 Å². The Labute approximate surface area is 107 Å². The highest BCUT2D eigenvalue weighted by Crippen LogP contribution is 2.47. The summed E-state index contributed by atoms with van der Waals surface area (Å²) in [6.45, 7) is 0. The van der Waals surface area contributed by atoms with Crippen LogP contribution in [0.4, 0.5) is 30.7 Å². The molecule has 0 fully saturated rings. The molecular weight excluding hydrogens is 295 g/mol. The molecule has 0 aliphatic heterocycles. The molecule has 108 valence electrons. The van der Waals surface area contributed by atoms with Crippen molar-refractivity contribution in [1.82, 2.24) is 0 Å². The lowest BCUT2D eigenvalue weighted by Crippen LogP contribution is -2.56.